The standard InChI is InChI=1S/C23H23ClN2O4/c1-2-30-16-9-10-18(24)17(12-16)21(27)19-20(14-6-5-11-25-13-14)26(23(29)22(19)28)15-7-3-4-8-15/h5-6,9-13,15,20,27H,2-4,7-8H2,1H3/b21-19+. The first-order chi connectivity index (χ1) is 14.5. The van der Waals surface area contributed by atoms with Crippen molar-refractivity contribution in [1.29, 1.82) is 0 Å². The van der Waals surface area contributed by atoms with Gasteiger partial charge in [-0.3, -0.25) is 14.6 Å². The smallest absolute Gasteiger partial charge is 0.295 e. The fourth-order valence-corrected chi connectivity index (χ4v) is 4.57. The highest BCUT2D eigenvalue weighted by atomic mass is 35.5. The fraction of sp³-hybridized carbons (Fsp3) is 0.348. The number of aliphatic hydroxyl groups is 1. The Bertz CT molecular complexity index is 1000. The first kappa shape index (κ1) is 20.4. The van der Waals surface area contributed by atoms with Gasteiger partial charge in [-0.2, -0.15) is 0 Å². The molecule has 1 N–H and O–H groups in total. The average Bonchev–Trinajstić information content (AvgIpc) is 3.37. The molecule has 2 heterocycles. The zero-order valence-corrected chi connectivity index (χ0v) is 17.4. The number of nitrogens with zero attached hydrogens (tertiary/aromatic N) is 2. The number of hydrogen-bond acceptors (Lipinski definition) is 5. The number of aromatic nitrogens is 1. The van der Waals surface area contributed by atoms with Crippen molar-refractivity contribution in [2.45, 2.75) is 44.7 Å². The summed E-state index contributed by atoms with van der Waals surface area (Å²) in [6.45, 7) is 2.30. The molecule has 30 heavy (non-hydrogen) atoms. The largest absolute Gasteiger partial charge is 0.507 e. The zero-order valence-electron chi connectivity index (χ0n) is 16.7. The summed E-state index contributed by atoms with van der Waals surface area (Å²) < 4.78 is 5.51. The highest BCUT2D eigenvalue weighted by Gasteiger charge is 2.49. The molecule has 0 spiro atoms. The molecule has 1 saturated heterocycles. The number of ketones is 1. The number of pyridine rings is 1. The van der Waals surface area contributed by atoms with E-state index in [4.69, 9.17) is 16.3 Å². The van der Waals surface area contributed by atoms with E-state index in [1.165, 1.54) is 0 Å². The van der Waals surface area contributed by atoms with E-state index in [0.29, 0.717) is 17.9 Å². The summed E-state index contributed by atoms with van der Waals surface area (Å²) in [7, 11) is 0. The first-order valence-electron chi connectivity index (χ1n) is 10.2. The van der Waals surface area contributed by atoms with Crippen LogP contribution in [0.2, 0.25) is 5.02 Å². The molecular formula is C23H23ClN2O4. The van der Waals surface area contributed by atoms with Crippen molar-refractivity contribution in [3.05, 3.63) is 64.4 Å². The molecule has 4 rings (SSSR count). The van der Waals surface area contributed by atoms with Gasteiger partial charge in [0.05, 0.1) is 23.2 Å². The monoisotopic (exact) mass is 426 g/mol. The summed E-state index contributed by atoms with van der Waals surface area (Å²) >= 11 is 6.34. The SMILES string of the molecule is CCOc1ccc(Cl)c(/C(O)=C2\C(=O)C(=O)N(C3CCCC3)C2c2cccnc2)c1. The maximum atomic E-state index is 13.1. The Kier molecular flexibility index (Phi) is 5.77. The third-order valence-corrected chi connectivity index (χ3v) is 6.03. The van der Waals surface area contributed by atoms with Crippen molar-refractivity contribution >= 4 is 29.1 Å². The molecule has 2 aromatic rings. The van der Waals surface area contributed by atoms with E-state index in [1.807, 2.05) is 13.0 Å². The van der Waals surface area contributed by atoms with E-state index < -0.39 is 17.7 Å². The fourth-order valence-electron chi connectivity index (χ4n) is 4.36. The lowest BCUT2D eigenvalue weighted by Gasteiger charge is -2.30. The molecule has 1 aliphatic heterocycles. The van der Waals surface area contributed by atoms with Gasteiger partial charge in [-0.1, -0.05) is 30.5 Å². The van der Waals surface area contributed by atoms with Crippen LogP contribution < -0.4 is 4.74 Å². The topological polar surface area (TPSA) is 79.7 Å². The number of benzene rings is 1. The van der Waals surface area contributed by atoms with E-state index in [1.54, 1.807) is 41.6 Å². The normalized spacial score (nSPS) is 21.4. The molecule has 1 saturated carbocycles. The summed E-state index contributed by atoms with van der Waals surface area (Å²) in [5.41, 5.74) is 0.985. The van der Waals surface area contributed by atoms with Crippen LogP contribution in [0.4, 0.5) is 0 Å². The van der Waals surface area contributed by atoms with Gasteiger partial charge in [0.2, 0.25) is 0 Å². The minimum absolute atomic E-state index is 0.0375. The third kappa shape index (κ3) is 3.56. The lowest BCUT2D eigenvalue weighted by Crippen LogP contribution is -2.37. The molecule has 1 aromatic carbocycles. The van der Waals surface area contributed by atoms with Crippen molar-refractivity contribution in [2.24, 2.45) is 0 Å². The van der Waals surface area contributed by atoms with E-state index >= 15 is 0 Å². The third-order valence-electron chi connectivity index (χ3n) is 5.70. The molecule has 156 valence electrons. The Labute approximate surface area is 180 Å². The van der Waals surface area contributed by atoms with Gasteiger partial charge in [0, 0.05) is 24.0 Å². The Morgan fingerprint density at radius 3 is 2.70 bits per heavy atom. The number of likely N-dealkylation sites (tertiary alicyclic amines) is 1. The van der Waals surface area contributed by atoms with Crippen molar-refractivity contribution < 1.29 is 19.4 Å². The molecule has 1 unspecified atom stereocenters. The van der Waals surface area contributed by atoms with Crippen LogP contribution in [0, 0.1) is 0 Å². The molecule has 0 radical (unpaired) electrons. The van der Waals surface area contributed by atoms with E-state index in [0.717, 1.165) is 25.7 Å². The number of carbonyl (C=O) groups excluding carboxylic acids is 2. The van der Waals surface area contributed by atoms with E-state index in [9.17, 15) is 14.7 Å². The van der Waals surface area contributed by atoms with Gasteiger partial charge in [0.25, 0.3) is 11.7 Å². The summed E-state index contributed by atoms with van der Waals surface area (Å²) in [6.07, 6.45) is 6.96. The van der Waals surface area contributed by atoms with Crippen LogP contribution in [0.3, 0.4) is 0 Å². The number of carbonyl (C=O) groups is 2. The summed E-state index contributed by atoms with van der Waals surface area (Å²) in [5, 5.41) is 11.5. The van der Waals surface area contributed by atoms with Crippen molar-refractivity contribution in [2.75, 3.05) is 6.61 Å². The molecule has 1 aliphatic carbocycles. The van der Waals surface area contributed by atoms with E-state index in [-0.39, 0.29) is 28.0 Å². The molecular weight excluding hydrogens is 404 g/mol. The lowest BCUT2D eigenvalue weighted by molar-refractivity contribution is -0.141. The number of Topliss-reactive ketones (excluding diaryl/α,β-unsaturated/α-hetero) is 1. The quantitative estimate of drug-likeness (QED) is 0.432. The molecule has 0 bridgehead atoms. The molecule has 2 aliphatic rings. The molecule has 6 nitrogen and oxygen atoms in total. The van der Waals surface area contributed by atoms with E-state index in [2.05, 4.69) is 4.98 Å². The van der Waals surface area contributed by atoms with Gasteiger partial charge < -0.3 is 14.7 Å². The van der Waals surface area contributed by atoms with Crippen LogP contribution >= 0.6 is 11.6 Å². The van der Waals surface area contributed by atoms with Crippen molar-refractivity contribution in [1.82, 2.24) is 9.88 Å². The van der Waals surface area contributed by atoms with Gasteiger partial charge >= 0.3 is 0 Å². The molecule has 1 atom stereocenters. The predicted octanol–water partition coefficient (Wildman–Crippen LogP) is 4.50. The summed E-state index contributed by atoms with van der Waals surface area (Å²) in [5.74, 6) is -1.07. The van der Waals surface area contributed by atoms with Gasteiger partial charge in [0.15, 0.2) is 0 Å². The van der Waals surface area contributed by atoms with Gasteiger partial charge in [-0.15, -0.1) is 0 Å². The minimum atomic E-state index is -0.703. The minimum Gasteiger partial charge on any atom is -0.507 e. The van der Waals surface area contributed by atoms with Crippen LogP contribution in [-0.4, -0.2) is 39.3 Å². The zero-order chi connectivity index (χ0) is 21.3. The summed E-state index contributed by atoms with van der Waals surface area (Å²) in [4.78, 5) is 31.9. The number of amides is 1. The Morgan fingerprint density at radius 2 is 2.03 bits per heavy atom. The number of hydrogen-bond donors (Lipinski definition) is 1. The number of ether oxygens (including phenoxy) is 1. The summed E-state index contributed by atoms with van der Waals surface area (Å²) in [6, 6.07) is 7.72. The maximum Gasteiger partial charge on any atom is 0.295 e. The molecule has 1 aromatic heterocycles. The highest BCUT2D eigenvalue weighted by Crippen LogP contribution is 2.44. The average molecular weight is 427 g/mol. The second-order valence-electron chi connectivity index (χ2n) is 7.51. The van der Waals surface area contributed by atoms with Crippen LogP contribution in [0.15, 0.2) is 48.3 Å². The second kappa shape index (κ2) is 8.48. The van der Waals surface area contributed by atoms with Gasteiger partial charge in [-0.25, -0.2) is 0 Å². The predicted molar refractivity (Wildman–Crippen MR) is 113 cm³/mol. The maximum absolute atomic E-state index is 13.1. The second-order valence-corrected chi connectivity index (χ2v) is 7.91. The molecule has 1 amide bonds. The van der Waals surface area contributed by atoms with Crippen LogP contribution in [0.25, 0.3) is 5.76 Å². The van der Waals surface area contributed by atoms with Crippen molar-refractivity contribution in [3.8, 4) is 5.75 Å². The van der Waals surface area contributed by atoms with Crippen LogP contribution in [0.5, 0.6) is 5.75 Å². The highest BCUT2D eigenvalue weighted by molar-refractivity contribution is 6.47. The number of rotatable bonds is 5. The van der Waals surface area contributed by atoms with Gasteiger partial charge in [0.1, 0.15) is 11.5 Å². The Morgan fingerprint density at radius 1 is 1.27 bits per heavy atom. The van der Waals surface area contributed by atoms with Crippen molar-refractivity contribution in [3.63, 3.8) is 0 Å². The molecule has 2 fully saturated rings. The lowest BCUT2D eigenvalue weighted by atomic mass is 9.95. The van der Waals surface area contributed by atoms with Crippen LogP contribution in [-0.2, 0) is 9.59 Å². The molecule has 7 heteroatoms. The van der Waals surface area contributed by atoms with Crippen LogP contribution in [0.1, 0.15) is 49.8 Å². The number of aliphatic hydroxyl groups excluding tert-OH is 1. The van der Waals surface area contributed by atoms with Gasteiger partial charge in [-0.05, 0) is 49.6 Å². The number of halogens is 1. The Balaban J connectivity index is 1.88. The Hall–Kier alpha value is -2.86. The first-order valence-corrected chi connectivity index (χ1v) is 10.5.